The first kappa shape index (κ1) is 19.0. The Bertz CT molecular complexity index is 1190. The molecule has 140 valence electrons. The van der Waals surface area contributed by atoms with Gasteiger partial charge in [-0.2, -0.15) is 5.26 Å². The van der Waals surface area contributed by atoms with Crippen molar-refractivity contribution < 1.29 is 4.74 Å². The monoisotopic (exact) mass is 416 g/mol. The van der Waals surface area contributed by atoms with Crippen LogP contribution in [0.4, 0.5) is 0 Å². The molecule has 3 nitrogen and oxygen atoms in total. The summed E-state index contributed by atoms with van der Waals surface area (Å²) in [6.45, 7) is 0. The molecule has 3 aromatic carbocycles. The molecule has 0 amide bonds. The van der Waals surface area contributed by atoms with E-state index in [9.17, 15) is 5.26 Å². The summed E-state index contributed by atoms with van der Waals surface area (Å²) < 4.78 is 5.81. The van der Waals surface area contributed by atoms with Gasteiger partial charge >= 0.3 is 0 Å². The van der Waals surface area contributed by atoms with Gasteiger partial charge in [-0.05, 0) is 42.0 Å². The first-order valence-electron chi connectivity index (χ1n) is 8.85. The Labute approximate surface area is 178 Å². The van der Waals surface area contributed by atoms with Gasteiger partial charge in [-0.25, -0.2) is 4.98 Å². The van der Waals surface area contributed by atoms with E-state index in [-0.39, 0.29) is 10.7 Å². The average molecular weight is 417 g/mol. The minimum atomic E-state index is 0.250. The molecule has 0 aliphatic carbocycles. The van der Waals surface area contributed by atoms with Gasteiger partial charge in [0, 0.05) is 11.1 Å². The molecule has 4 rings (SSSR count). The van der Waals surface area contributed by atoms with Crippen LogP contribution in [-0.4, -0.2) is 4.98 Å². The molecular formula is C24H14Cl2N2O. The SMILES string of the molecule is N#Cc1c(-c2ccc(Oc3ccccc3)cc2)nc(Cl)c(-c2ccccc2)c1Cl. The van der Waals surface area contributed by atoms with Crippen molar-refractivity contribution in [3.8, 4) is 40.0 Å². The van der Waals surface area contributed by atoms with Gasteiger partial charge in [-0.3, -0.25) is 0 Å². The van der Waals surface area contributed by atoms with Crippen LogP contribution in [0.5, 0.6) is 11.5 Å². The molecule has 0 unspecified atom stereocenters. The molecule has 0 saturated carbocycles. The number of benzene rings is 3. The van der Waals surface area contributed by atoms with E-state index in [4.69, 9.17) is 27.9 Å². The molecule has 0 saturated heterocycles. The van der Waals surface area contributed by atoms with Gasteiger partial charge in [-0.1, -0.05) is 71.7 Å². The lowest BCUT2D eigenvalue weighted by molar-refractivity contribution is 0.483. The van der Waals surface area contributed by atoms with Crippen LogP contribution < -0.4 is 4.74 Å². The molecule has 0 atom stereocenters. The van der Waals surface area contributed by atoms with Gasteiger partial charge < -0.3 is 4.74 Å². The van der Waals surface area contributed by atoms with Gasteiger partial charge in [0.1, 0.15) is 22.7 Å². The lowest BCUT2D eigenvalue weighted by Crippen LogP contribution is -1.96. The number of hydrogen-bond donors (Lipinski definition) is 0. The Balaban J connectivity index is 1.73. The van der Waals surface area contributed by atoms with Crippen molar-refractivity contribution in [3.63, 3.8) is 0 Å². The second-order valence-electron chi connectivity index (χ2n) is 6.23. The van der Waals surface area contributed by atoms with Crippen LogP contribution in [0.25, 0.3) is 22.4 Å². The molecule has 1 heterocycles. The maximum atomic E-state index is 9.73. The Kier molecular flexibility index (Phi) is 5.48. The number of ether oxygens (including phenoxy) is 1. The third kappa shape index (κ3) is 3.95. The zero-order chi connectivity index (χ0) is 20.2. The summed E-state index contributed by atoms with van der Waals surface area (Å²) in [5, 5.41) is 10.3. The minimum absolute atomic E-state index is 0.250. The fraction of sp³-hybridized carbons (Fsp3) is 0. The Morgan fingerprint density at radius 3 is 1.93 bits per heavy atom. The summed E-state index contributed by atoms with van der Waals surface area (Å²) in [6, 6.07) is 28.4. The summed E-state index contributed by atoms with van der Waals surface area (Å²) >= 11 is 13.0. The van der Waals surface area contributed by atoms with Crippen LogP contribution >= 0.6 is 23.2 Å². The first-order chi connectivity index (χ1) is 14.2. The third-order valence-electron chi connectivity index (χ3n) is 4.37. The minimum Gasteiger partial charge on any atom is -0.457 e. The molecule has 1 aromatic heterocycles. The number of halogens is 2. The van der Waals surface area contributed by atoms with E-state index in [0.29, 0.717) is 22.0 Å². The molecule has 0 aliphatic heterocycles. The summed E-state index contributed by atoms with van der Waals surface area (Å²) in [5.41, 5.74) is 2.81. The zero-order valence-corrected chi connectivity index (χ0v) is 16.7. The lowest BCUT2D eigenvalue weighted by Gasteiger charge is -2.13. The van der Waals surface area contributed by atoms with Crippen molar-refractivity contribution in [2.45, 2.75) is 0 Å². The van der Waals surface area contributed by atoms with E-state index in [1.807, 2.05) is 84.9 Å². The molecule has 5 heteroatoms. The Hall–Kier alpha value is -3.32. The van der Waals surface area contributed by atoms with Gasteiger partial charge in [0.25, 0.3) is 0 Å². The highest BCUT2D eigenvalue weighted by Gasteiger charge is 2.20. The van der Waals surface area contributed by atoms with Crippen molar-refractivity contribution in [1.82, 2.24) is 4.98 Å². The maximum Gasteiger partial charge on any atom is 0.139 e. The molecular weight excluding hydrogens is 403 g/mol. The quantitative estimate of drug-likeness (QED) is 0.325. The predicted molar refractivity (Wildman–Crippen MR) is 116 cm³/mol. The molecule has 0 aliphatic rings. The van der Waals surface area contributed by atoms with Crippen molar-refractivity contribution in [2.24, 2.45) is 0 Å². The molecule has 0 spiro atoms. The van der Waals surface area contributed by atoms with E-state index in [1.54, 1.807) is 0 Å². The largest absolute Gasteiger partial charge is 0.457 e. The Morgan fingerprint density at radius 2 is 1.31 bits per heavy atom. The fourth-order valence-electron chi connectivity index (χ4n) is 3.00. The average Bonchev–Trinajstić information content (AvgIpc) is 2.75. The topological polar surface area (TPSA) is 45.9 Å². The third-order valence-corrected chi connectivity index (χ3v) is 5.02. The van der Waals surface area contributed by atoms with Crippen molar-refractivity contribution in [1.29, 1.82) is 5.26 Å². The summed E-state index contributed by atoms with van der Waals surface area (Å²) in [7, 11) is 0. The van der Waals surface area contributed by atoms with E-state index < -0.39 is 0 Å². The number of pyridine rings is 1. The second kappa shape index (κ2) is 8.36. The molecule has 4 aromatic rings. The number of hydrogen-bond acceptors (Lipinski definition) is 3. The normalized spacial score (nSPS) is 10.4. The summed E-state index contributed by atoms with van der Waals surface area (Å²) in [4.78, 5) is 4.48. The van der Waals surface area contributed by atoms with E-state index in [1.165, 1.54) is 0 Å². The summed E-state index contributed by atoms with van der Waals surface area (Å²) in [5.74, 6) is 1.42. The Morgan fingerprint density at radius 1 is 0.724 bits per heavy atom. The lowest BCUT2D eigenvalue weighted by atomic mass is 10.0. The number of rotatable bonds is 4. The van der Waals surface area contributed by atoms with E-state index in [0.717, 1.165) is 16.9 Å². The van der Waals surface area contributed by atoms with Gasteiger partial charge in [0.2, 0.25) is 0 Å². The molecule has 0 bridgehead atoms. The van der Waals surface area contributed by atoms with Crippen LogP contribution in [0.15, 0.2) is 84.9 Å². The highest BCUT2D eigenvalue weighted by molar-refractivity contribution is 6.39. The fourth-order valence-corrected chi connectivity index (χ4v) is 3.66. The predicted octanol–water partition coefficient (Wildman–Crippen LogP) is 7.39. The van der Waals surface area contributed by atoms with Crippen molar-refractivity contribution in [2.75, 3.05) is 0 Å². The van der Waals surface area contributed by atoms with Crippen LogP contribution in [0, 0.1) is 11.3 Å². The second-order valence-corrected chi connectivity index (χ2v) is 6.97. The number of nitriles is 1. The van der Waals surface area contributed by atoms with E-state index >= 15 is 0 Å². The number of para-hydroxylation sites is 1. The number of aromatic nitrogens is 1. The summed E-state index contributed by atoms with van der Waals surface area (Å²) in [6.07, 6.45) is 0. The van der Waals surface area contributed by atoms with Gasteiger partial charge in [-0.15, -0.1) is 0 Å². The maximum absolute atomic E-state index is 9.73. The van der Waals surface area contributed by atoms with Crippen LogP contribution in [0.2, 0.25) is 10.2 Å². The zero-order valence-electron chi connectivity index (χ0n) is 15.1. The van der Waals surface area contributed by atoms with Gasteiger partial charge in [0.15, 0.2) is 0 Å². The van der Waals surface area contributed by atoms with Crippen LogP contribution in [-0.2, 0) is 0 Å². The standard InChI is InChI=1S/C24H14Cl2N2O/c25-22-20(15-27)23(28-24(26)21(22)16-7-3-1-4-8-16)17-11-13-19(14-12-17)29-18-9-5-2-6-10-18/h1-14H. The van der Waals surface area contributed by atoms with Crippen LogP contribution in [0.3, 0.4) is 0 Å². The molecule has 0 fully saturated rings. The smallest absolute Gasteiger partial charge is 0.139 e. The first-order valence-corrected chi connectivity index (χ1v) is 9.61. The van der Waals surface area contributed by atoms with E-state index in [2.05, 4.69) is 11.1 Å². The van der Waals surface area contributed by atoms with Crippen LogP contribution in [0.1, 0.15) is 5.56 Å². The molecule has 0 N–H and O–H groups in total. The highest BCUT2D eigenvalue weighted by Crippen LogP contribution is 2.40. The molecule has 29 heavy (non-hydrogen) atoms. The van der Waals surface area contributed by atoms with Gasteiger partial charge in [0.05, 0.1) is 16.3 Å². The highest BCUT2D eigenvalue weighted by atomic mass is 35.5. The molecule has 0 radical (unpaired) electrons. The number of nitrogens with zero attached hydrogens (tertiary/aromatic N) is 2. The van der Waals surface area contributed by atoms with Crippen molar-refractivity contribution >= 4 is 23.2 Å². The van der Waals surface area contributed by atoms with Crippen molar-refractivity contribution in [3.05, 3.63) is 101 Å².